The first-order chi connectivity index (χ1) is 42.0. The van der Waals surface area contributed by atoms with Crippen molar-refractivity contribution in [3.63, 3.8) is 0 Å². The topological polar surface area (TPSA) is 165 Å². The predicted molar refractivity (Wildman–Crippen MR) is 248 cm³/mol. The minimum Gasteiger partial charge on any atom is -0.480 e. The number of halogens is 34. The SMILES string of the molecule is CC(C)(CCC(F)(F)C(F)(F)C(F)(F)C(F)(F)C(F)(F)C(F)(F)C(F)(F)C(F)(F)F)OC(=O)NC(=NCCC[C@H](NC(=O)OCC1c2ccccc2-c2ccccc21)C(=O)O)NC(=O)OC(C)(C)CCC(F)(F)C(F)(F)C(F)(F)C(F)(F)C(F)(F)C(F)(F)C(F)(F)C(F)(F)F. The number of alkyl carbamates (subject to hydrolysis) is 3. The molecular weight excluding hydrogens is 1420 g/mol. The van der Waals surface area contributed by atoms with E-state index in [9.17, 15) is 174 Å². The van der Waals surface area contributed by atoms with Crippen LogP contribution in [0, 0.1) is 0 Å². The van der Waals surface area contributed by atoms with Crippen LogP contribution in [-0.4, -0.2) is 161 Å². The average Bonchev–Trinajstić information content (AvgIpc) is 1.28. The van der Waals surface area contributed by atoms with Crippen LogP contribution in [0.3, 0.4) is 0 Å². The van der Waals surface area contributed by atoms with Crippen molar-refractivity contribution in [1.29, 1.82) is 0 Å². The first-order valence-electron chi connectivity index (χ1n) is 25.4. The van der Waals surface area contributed by atoms with Crippen LogP contribution in [0.15, 0.2) is 53.5 Å². The van der Waals surface area contributed by atoms with Crippen molar-refractivity contribution in [2.24, 2.45) is 4.99 Å². The highest BCUT2D eigenvalue weighted by molar-refractivity contribution is 6.01. The number of hydrogen-bond acceptors (Lipinski definition) is 8. The maximum absolute atomic E-state index is 14.8. The molecule has 4 N–H and O–H groups in total. The molecule has 0 fully saturated rings. The second-order valence-electron chi connectivity index (χ2n) is 21.6. The number of fused-ring (bicyclic) bond motifs is 3. The van der Waals surface area contributed by atoms with Crippen LogP contribution in [0.2, 0.25) is 0 Å². The molecule has 1 aliphatic carbocycles. The van der Waals surface area contributed by atoms with Gasteiger partial charge in [-0.2, -0.15) is 149 Å². The Bertz CT molecular complexity index is 2950. The smallest absolute Gasteiger partial charge is 0.460 e. The highest BCUT2D eigenvalue weighted by Crippen LogP contribution is 2.67. The van der Waals surface area contributed by atoms with E-state index in [1.165, 1.54) is 10.6 Å². The molecule has 3 rings (SSSR count). The molecule has 0 saturated carbocycles. The molecular formula is C49H42F34N4O8. The zero-order valence-electron chi connectivity index (χ0n) is 47.0. The third kappa shape index (κ3) is 15.0. The molecule has 0 spiro atoms. The number of carbonyl (C=O) groups excluding carboxylic acids is 3. The molecule has 0 heterocycles. The number of amides is 3. The Hall–Kier alpha value is -6.99. The summed E-state index contributed by atoms with van der Waals surface area (Å²) in [6, 6.07) is 11.5. The van der Waals surface area contributed by atoms with Crippen LogP contribution in [0.5, 0.6) is 0 Å². The van der Waals surface area contributed by atoms with Gasteiger partial charge < -0.3 is 24.6 Å². The second kappa shape index (κ2) is 26.1. The fourth-order valence-corrected chi connectivity index (χ4v) is 8.11. The predicted octanol–water partition coefficient (Wildman–Crippen LogP) is 16.7. The molecule has 12 nitrogen and oxygen atoms in total. The Morgan fingerprint density at radius 1 is 0.432 bits per heavy atom. The zero-order chi connectivity index (χ0) is 74.6. The first-order valence-corrected chi connectivity index (χ1v) is 25.4. The second-order valence-corrected chi connectivity index (χ2v) is 21.6. The molecule has 0 unspecified atom stereocenters. The van der Waals surface area contributed by atoms with Crippen LogP contribution in [0.25, 0.3) is 11.1 Å². The lowest BCUT2D eigenvalue weighted by Crippen LogP contribution is -2.74. The maximum Gasteiger partial charge on any atom is 0.460 e. The number of benzene rings is 2. The van der Waals surface area contributed by atoms with Gasteiger partial charge in [-0.15, -0.1) is 0 Å². The number of aliphatic imine (C=N–C) groups is 1. The molecule has 1 aliphatic rings. The molecule has 95 heavy (non-hydrogen) atoms. The number of carboxylic acid groups (broad SMARTS) is 1. The van der Waals surface area contributed by atoms with Crippen LogP contribution in [0.1, 0.15) is 83.3 Å². The van der Waals surface area contributed by atoms with Crippen LogP contribution in [-0.2, 0) is 19.0 Å². The van der Waals surface area contributed by atoms with E-state index in [0.717, 1.165) is 11.1 Å². The van der Waals surface area contributed by atoms with E-state index in [1.807, 2.05) is 5.32 Å². The van der Waals surface area contributed by atoms with Crippen molar-refractivity contribution < 1.29 is 188 Å². The van der Waals surface area contributed by atoms with Crippen LogP contribution in [0.4, 0.5) is 164 Å². The summed E-state index contributed by atoms with van der Waals surface area (Å²) in [5.41, 5.74) is -3.37. The molecule has 0 aromatic heterocycles. The summed E-state index contributed by atoms with van der Waals surface area (Å²) < 4.78 is 485. The number of carbonyl (C=O) groups is 4. The summed E-state index contributed by atoms with van der Waals surface area (Å²) in [6.45, 7) is -0.532. The van der Waals surface area contributed by atoms with Gasteiger partial charge in [-0.1, -0.05) is 48.5 Å². The van der Waals surface area contributed by atoms with Crippen molar-refractivity contribution in [2.75, 3.05) is 13.2 Å². The highest BCUT2D eigenvalue weighted by atomic mass is 19.4. The third-order valence-electron chi connectivity index (χ3n) is 13.7. The number of alkyl halides is 34. The van der Waals surface area contributed by atoms with Gasteiger partial charge in [-0.05, 0) is 75.6 Å². The summed E-state index contributed by atoms with van der Waals surface area (Å²) in [5.74, 6) is -123. The standard InChI is InChI=1S/C49H42F34N4O8/c1-32(2,15-17-34(50,51)36(54,55)38(58,59)40(62,63)42(66,67)44(70,71)46(74,75)48(78,79)80)94-30(91)86-28(84-19-9-14-26(27(88)89)85-29(90)93-20-25-23-12-7-5-10-21(23)22-11-6-8-13-24(22)25)87-31(92)95-33(3,4)16-18-35(52,53)37(56,57)39(60,61)41(64,65)43(68,69)45(72,73)47(76,77)49(81,82)83/h5-8,10-13,25-26H,9,14-20H2,1-4H3,(H,85,90)(H,88,89)(H2,84,86,87,91,92)/t26-/m0/s1. The Kier molecular flexibility index (Phi) is 22.6. The minimum atomic E-state index is -9.01. The van der Waals surface area contributed by atoms with E-state index in [-0.39, 0.29) is 27.7 Å². The molecule has 2 aromatic carbocycles. The van der Waals surface area contributed by atoms with Gasteiger partial charge in [0.05, 0.1) is 0 Å². The van der Waals surface area contributed by atoms with E-state index in [0.29, 0.717) is 11.1 Å². The lowest BCUT2D eigenvalue weighted by molar-refractivity contribution is -0.462. The quantitative estimate of drug-likeness (QED) is 0.0215. The lowest BCUT2D eigenvalue weighted by atomic mass is 9.87. The Labute approximate surface area is 507 Å². The Morgan fingerprint density at radius 2 is 0.726 bits per heavy atom. The fourth-order valence-electron chi connectivity index (χ4n) is 8.11. The van der Waals surface area contributed by atoms with E-state index >= 15 is 0 Å². The minimum absolute atomic E-state index is 0.238. The molecule has 0 bridgehead atoms. The molecule has 2 aromatic rings. The number of rotatable bonds is 28. The van der Waals surface area contributed by atoms with Gasteiger partial charge in [0.2, 0.25) is 5.96 Å². The van der Waals surface area contributed by atoms with Gasteiger partial charge in [0, 0.05) is 25.3 Å². The number of nitrogens with zero attached hydrogens (tertiary/aromatic N) is 1. The third-order valence-corrected chi connectivity index (χ3v) is 13.7. The monoisotopic (exact) mass is 1460 g/mol. The van der Waals surface area contributed by atoms with E-state index < -0.39 is 200 Å². The van der Waals surface area contributed by atoms with Crippen LogP contribution < -0.4 is 16.0 Å². The van der Waals surface area contributed by atoms with E-state index in [2.05, 4.69) is 14.5 Å². The van der Waals surface area contributed by atoms with Gasteiger partial charge in [0.25, 0.3) is 0 Å². The van der Waals surface area contributed by atoms with Crippen molar-refractivity contribution >= 4 is 30.2 Å². The van der Waals surface area contributed by atoms with E-state index in [4.69, 9.17) is 4.74 Å². The Morgan fingerprint density at radius 3 is 1.03 bits per heavy atom. The van der Waals surface area contributed by atoms with Crippen molar-refractivity contribution in [3.05, 3.63) is 59.7 Å². The van der Waals surface area contributed by atoms with Gasteiger partial charge in [-0.3, -0.25) is 15.6 Å². The zero-order valence-corrected chi connectivity index (χ0v) is 47.0. The number of carboxylic acids is 1. The molecule has 0 saturated heterocycles. The number of nitrogens with one attached hydrogen (secondary N) is 3. The fraction of sp³-hybridized carbons (Fsp3) is 0.653. The highest BCUT2D eigenvalue weighted by Gasteiger charge is 2.97. The van der Waals surface area contributed by atoms with Gasteiger partial charge in [-0.25, -0.2) is 19.2 Å². The largest absolute Gasteiger partial charge is 0.480 e. The molecule has 0 radical (unpaired) electrons. The number of ether oxygens (including phenoxy) is 3. The van der Waals surface area contributed by atoms with Crippen molar-refractivity contribution in [1.82, 2.24) is 16.0 Å². The number of guanidine groups is 1. The molecule has 3 amide bonds. The summed E-state index contributed by atoms with van der Waals surface area (Å²) >= 11 is 0. The summed E-state index contributed by atoms with van der Waals surface area (Å²) in [7, 11) is 0. The Balaban J connectivity index is 1.92. The summed E-state index contributed by atoms with van der Waals surface area (Å²) in [4.78, 5) is 54.3. The van der Waals surface area contributed by atoms with E-state index in [1.54, 1.807) is 48.5 Å². The average molecular weight is 1460 g/mol. The number of aliphatic carboxylic acids is 1. The summed E-state index contributed by atoms with van der Waals surface area (Å²) in [5, 5.41) is 14.3. The molecule has 544 valence electrons. The maximum atomic E-state index is 14.8. The van der Waals surface area contributed by atoms with Crippen molar-refractivity contribution in [2.45, 2.75) is 185 Å². The van der Waals surface area contributed by atoms with Crippen molar-refractivity contribution in [3.8, 4) is 11.1 Å². The number of hydrogen-bond donors (Lipinski definition) is 4. The van der Waals surface area contributed by atoms with Crippen LogP contribution >= 0.6 is 0 Å². The summed E-state index contributed by atoms with van der Waals surface area (Å²) in [6.07, 6.45) is -34.7. The van der Waals surface area contributed by atoms with Gasteiger partial charge in [0.1, 0.15) is 23.9 Å². The normalized spacial score (nSPS) is 15.5. The first kappa shape index (κ1) is 82.2. The molecule has 1 atom stereocenters. The van der Waals surface area contributed by atoms with Gasteiger partial charge >= 0.3 is 120 Å². The molecule has 0 aliphatic heterocycles. The molecule has 46 heteroatoms. The lowest BCUT2D eigenvalue weighted by Gasteiger charge is -2.43. The van der Waals surface area contributed by atoms with Gasteiger partial charge in [0.15, 0.2) is 0 Å².